The van der Waals surface area contributed by atoms with Crippen molar-refractivity contribution in [1.82, 2.24) is 14.7 Å². The summed E-state index contributed by atoms with van der Waals surface area (Å²) < 4.78 is 1.70. The van der Waals surface area contributed by atoms with E-state index in [4.69, 9.17) is 16.7 Å². The summed E-state index contributed by atoms with van der Waals surface area (Å²) in [6.07, 6.45) is 1.01. The second-order valence-corrected chi connectivity index (χ2v) is 9.43. The predicted octanol–water partition coefficient (Wildman–Crippen LogP) is 5.24. The van der Waals surface area contributed by atoms with Gasteiger partial charge in [0.25, 0.3) is 0 Å². The molecule has 0 saturated heterocycles. The maximum atomic E-state index is 12.9. The van der Waals surface area contributed by atoms with E-state index in [9.17, 15) is 9.59 Å². The van der Waals surface area contributed by atoms with Crippen molar-refractivity contribution >= 4 is 29.2 Å². The zero-order chi connectivity index (χ0) is 24.0. The first-order valence-corrected chi connectivity index (χ1v) is 11.5. The van der Waals surface area contributed by atoms with E-state index in [1.165, 1.54) is 0 Å². The van der Waals surface area contributed by atoms with Gasteiger partial charge in [0, 0.05) is 29.5 Å². The summed E-state index contributed by atoms with van der Waals surface area (Å²) in [6.45, 7) is 8.53. The Morgan fingerprint density at radius 3 is 2.33 bits per heavy atom. The largest absolute Gasteiger partial charge is 0.334 e. The Kier molecular flexibility index (Phi) is 7.92. The molecular weight excluding hydrogens is 436 g/mol. The molecule has 2 aromatic carbocycles. The zero-order valence-corrected chi connectivity index (χ0v) is 20.4. The Morgan fingerprint density at radius 2 is 1.73 bits per heavy atom. The molecule has 0 fully saturated rings. The van der Waals surface area contributed by atoms with E-state index in [1.54, 1.807) is 21.7 Å². The molecule has 0 bridgehead atoms. The quantitative estimate of drug-likeness (QED) is 0.493. The molecule has 33 heavy (non-hydrogen) atoms. The SMILES string of the molecule is CCN(CC(=O)Nc1cc(C(C)(C)C)nn1-c1ccc(Cl)cc1)C(=O)CCc1ccccc1. The molecule has 0 atom stereocenters. The van der Waals surface area contributed by atoms with Crippen LogP contribution in [-0.4, -0.2) is 39.6 Å². The molecule has 2 amide bonds. The molecular formula is C26H31ClN4O2. The second kappa shape index (κ2) is 10.7. The number of benzene rings is 2. The highest BCUT2D eigenvalue weighted by Gasteiger charge is 2.22. The molecule has 174 valence electrons. The molecule has 1 aromatic heterocycles. The number of carbonyl (C=O) groups is 2. The molecule has 0 aliphatic rings. The van der Waals surface area contributed by atoms with Crippen LogP contribution >= 0.6 is 11.6 Å². The van der Waals surface area contributed by atoms with Crippen molar-refractivity contribution in [3.8, 4) is 5.69 Å². The van der Waals surface area contributed by atoms with Gasteiger partial charge in [-0.25, -0.2) is 4.68 Å². The summed E-state index contributed by atoms with van der Waals surface area (Å²) in [5, 5.41) is 8.28. The van der Waals surface area contributed by atoms with E-state index in [1.807, 2.05) is 55.5 Å². The summed E-state index contributed by atoms with van der Waals surface area (Å²) in [5.41, 5.74) is 2.54. The normalized spacial score (nSPS) is 11.3. The highest BCUT2D eigenvalue weighted by molar-refractivity contribution is 6.30. The Morgan fingerprint density at radius 1 is 1.06 bits per heavy atom. The first-order chi connectivity index (χ1) is 15.7. The van der Waals surface area contributed by atoms with Crippen LogP contribution < -0.4 is 5.32 Å². The van der Waals surface area contributed by atoms with Crippen LogP contribution in [0.3, 0.4) is 0 Å². The molecule has 6 nitrogen and oxygen atoms in total. The van der Waals surface area contributed by atoms with Gasteiger partial charge in [-0.1, -0.05) is 62.7 Å². The number of hydrogen-bond acceptors (Lipinski definition) is 3. The number of aromatic nitrogens is 2. The molecule has 1 heterocycles. The first kappa shape index (κ1) is 24.5. The van der Waals surface area contributed by atoms with Crippen molar-refractivity contribution in [1.29, 1.82) is 0 Å². The lowest BCUT2D eigenvalue weighted by Crippen LogP contribution is -2.38. The molecule has 1 N–H and O–H groups in total. The van der Waals surface area contributed by atoms with Crippen LogP contribution in [0.2, 0.25) is 5.02 Å². The van der Waals surface area contributed by atoms with Crippen LogP contribution in [0.1, 0.15) is 45.4 Å². The minimum absolute atomic E-state index is 0.0131. The van der Waals surface area contributed by atoms with Crippen LogP contribution in [0.15, 0.2) is 60.7 Å². The van der Waals surface area contributed by atoms with Gasteiger partial charge in [0.1, 0.15) is 5.82 Å². The minimum Gasteiger partial charge on any atom is -0.334 e. The van der Waals surface area contributed by atoms with Crippen molar-refractivity contribution in [2.24, 2.45) is 0 Å². The van der Waals surface area contributed by atoms with E-state index in [0.717, 1.165) is 16.9 Å². The Hall–Kier alpha value is -3.12. The lowest BCUT2D eigenvalue weighted by molar-refractivity contribution is -0.134. The van der Waals surface area contributed by atoms with Crippen LogP contribution in [0.25, 0.3) is 5.69 Å². The summed E-state index contributed by atoms with van der Waals surface area (Å²) in [5.74, 6) is 0.249. The zero-order valence-electron chi connectivity index (χ0n) is 19.6. The lowest BCUT2D eigenvalue weighted by atomic mass is 9.92. The first-order valence-electron chi connectivity index (χ1n) is 11.2. The van der Waals surface area contributed by atoms with Crippen molar-refractivity contribution in [2.75, 3.05) is 18.4 Å². The third kappa shape index (κ3) is 6.68. The standard InChI is InChI=1S/C26H31ClN4O2/c1-5-30(25(33)16-11-19-9-7-6-8-10-19)18-24(32)28-23-17-22(26(2,3)4)29-31(23)21-14-12-20(27)13-15-21/h6-10,12-15,17H,5,11,16,18H2,1-4H3,(H,28,32). The number of aryl methyl sites for hydroxylation is 1. The van der Waals surface area contributed by atoms with Crippen molar-refractivity contribution < 1.29 is 9.59 Å². The van der Waals surface area contributed by atoms with Gasteiger partial charge < -0.3 is 10.2 Å². The molecule has 0 radical (unpaired) electrons. The number of nitrogens with zero attached hydrogens (tertiary/aromatic N) is 3. The third-order valence-electron chi connectivity index (χ3n) is 5.36. The maximum Gasteiger partial charge on any atom is 0.245 e. The van der Waals surface area contributed by atoms with Crippen LogP contribution in [0, 0.1) is 0 Å². The van der Waals surface area contributed by atoms with Crippen molar-refractivity contribution in [2.45, 2.75) is 46.0 Å². The number of rotatable bonds is 8. The van der Waals surface area contributed by atoms with Gasteiger partial charge >= 0.3 is 0 Å². The number of amides is 2. The lowest BCUT2D eigenvalue weighted by Gasteiger charge is -2.20. The van der Waals surface area contributed by atoms with Crippen molar-refractivity contribution in [3.63, 3.8) is 0 Å². The molecule has 3 rings (SSSR count). The fourth-order valence-electron chi connectivity index (χ4n) is 3.40. The number of hydrogen-bond donors (Lipinski definition) is 1. The molecule has 3 aromatic rings. The number of likely N-dealkylation sites (N-methyl/N-ethyl adjacent to an activating group) is 1. The number of halogens is 1. The molecule has 7 heteroatoms. The highest BCUT2D eigenvalue weighted by Crippen LogP contribution is 2.27. The second-order valence-electron chi connectivity index (χ2n) is 8.99. The average Bonchev–Trinajstić information content (AvgIpc) is 3.21. The van der Waals surface area contributed by atoms with Gasteiger partial charge in [-0.15, -0.1) is 0 Å². The van der Waals surface area contributed by atoms with E-state index in [-0.39, 0.29) is 23.8 Å². The van der Waals surface area contributed by atoms with Crippen LogP contribution in [-0.2, 0) is 21.4 Å². The summed E-state index contributed by atoms with van der Waals surface area (Å²) in [6, 6.07) is 19.0. The van der Waals surface area contributed by atoms with Gasteiger partial charge in [0.2, 0.25) is 11.8 Å². The van der Waals surface area contributed by atoms with Crippen molar-refractivity contribution in [3.05, 3.63) is 76.9 Å². The Bertz CT molecular complexity index is 1090. The number of nitrogens with one attached hydrogen (secondary N) is 1. The van der Waals surface area contributed by atoms with Gasteiger partial charge in [-0.2, -0.15) is 5.10 Å². The third-order valence-corrected chi connectivity index (χ3v) is 5.61. The van der Waals surface area contributed by atoms with Crippen LogP contribution in [0.5, 0.6) is 0 Å². The van der Waals surface area contributed by atoms with Gasteiger partial charge in [0.15, 0.2) is 0 Å². The molecule has 0 spiro atoms. The minimum atomic E-state index is -0.263. The van der Waals surface area contributed by atoms with E-state index in [2.05, 4.69) is 26.1 Å². The smallest absolute Gasteiger partial charge is 0.245 e. The van der Waals surface area contributed by atoms with Gasteiger partial charge in [-0.3, -0.25) is 9.59 Å². The number of anilines is 1. The van der Waals surface area contributed by atoms with Crippen LogP contribution in [0.4, 0.5) is 5.82 Å². The Labute approximate surface area is 200 Å². The molecule has 0 aliphatic carbocycles. The number of carbonyl (C=O) groups excluding carboxylic acids is 2. The molecule has 0 aliphatic heterocycles. The van der Waals surface area contributed by atoms with Gasteiger partial charge in [0.05, 0.1) is 17.9 Å². The predicted molar refractivity (Wildman–Crippen MR) is 133 cm³/mol. The molecule has 0 saturated carbocycles. The summed E-state index contributed by atoms with van der Waals surface area (Å²) in [7, 11) is 0. The fourth-order valence-corrected chi connectivity index (χ4v) is 3.53. The fraction of sp³-hybridized carbons (Fsp3) is 0.346. The average molecular weight is 467 g/mol. The van der Waals surface area contributed by atoms with E-state index < -0.39 is 0 Å². The monoisotopic (exact) mass is 466 g/mol. The van der Waals surface area contributed by atoms with E-state index in [0.29, 0.717) is 30.2 Å². The Balaban J connectivity index is 1.72. The topological polar surface area (TPSA) is 67.2 Å². The summed E-state index contributed by atoms with van der Waals surface area (Å²) in [4.78, 5) is 27.2. The van der Waals surface area contributed by atoms with Gasteiger partial charge in [-0.05, 0) is 43.2 Å². The molecule has 0 unspecified atom stereocenters. The maximum absolute atomic E-state index is 12.9. The summed E-state index contributed by atoms with van der Waals surface area (Å²) >= 11 is 6.03. The van der Waals surface area contributed by atoms with E-state index >= 15 is 0 Å². The highest BCUT2D eigenvalue weighted by atomic mass is 35.5.